The van der Waals surface area contributed by atoms with E-state index in [0.717, 1.165) is 18.2 Å². The second-order valence-electron chi connectivity index (χ2n) is 7.60. The number of sulfonamides is 1. The molecule has 0 saturated carbocycles. The first-order valence-corrected chi connectivity index (χ1v) is 12.2. The number of piperidine rings is 1. The lowest BCUT2D eigenvalue weighted by Gasteiger charge is -2.41. The first-order chi connectivity index (χ1) is 14.4. The Balaban J connectivity index is 1.59. The molecule has 0 radical (unpaired) electrons. The lowest BCUT2D eigenvalue weighted by Crippen LogP contribution is -2.61. The van der Waals surface area contributed by atoms with Gasteiger partial charge in [-0.3, -0.25) is 0 Å². The molecule has 168 valence electrons. The Morgan fingerprint density at radius 2 is 1.93 bits per heavy atom. The van der Waals surface area contributed by atoms with Crippen LogP contribution >= 0.6 is 0 Å². The Labute approximate surface area is 178 Å². The van der Waals surface area contributed by atoms with Gasteiger partial charge >= 0.3 is 6.03 Å². The molecule has 2 heterocycles. The number of rotatable bonds is 7. The molecular formula is C20H31N3O6S. The molecule has 1 aromatic rings. The van der Waals surface area contributed by atoms with E-state index >= 15 is 0 Å². The smallest absolute Gasteiger partial charge is 0.317 e. The fraction of sp³-hybridized carbons (Fsp3) is 0.650. The minimum Gasteiger partial charge on any atom is -0.371 e. The summed E-state index contributed by atoms with van der Waals surface area (Å²) in [5.74, 6) is 0. The fourth-order valence-corrected chi connectivity index (χ4v) is 4.62. The second kappa shape index (κ2) is 10.5. The van der Waals surface area contributed by atoms with Crippen molar-refractivity contribution in [1.29, 1.82) is 0 Å². The number of nitrogens with zero attached hydrogens (tertiary/aromatic N) is 1. The molecule has 2 atom stereocenters. The van der Waals surface area contributed by atoms with Gasteiger partial charge in [-0.15, -0.1) is 0 Å². The van der Waals surface area contributed by atoms with Crippen LogP contribution in [0, 0.1) is 0 Å². The lowest BCUT2D eigenvalue weighted by molar-refractivity contribution is -0.232. The zero-order valence-electron chi connectivity index (χ0n) is 17.5. The number of carbonyl (C=O) groups excluding carboxylic acids is 1. The highest BCUT2D eigenvalue weighted by atomic mass is 32.2. The molecule has 2 aliphatic rings. The highest BCUT2D eigenvalue weighted by Crippen LogP contribution is 2.25. The number of hydrogen-bond donors (Lipinski definition) is 2. The van der Waals surface area contributed by atoms with Crippen LogP contribution in [0.15, 0.2) is 30.3 Å². The van der Waals surface area contributed by atoms with Crippen LogP contribution in [0.2, 0.25) is 0 Å². The average Bonchev–Trinajstić information content (AvgIpc) is 2.73. The van der Waals surface area contributed by atoms with Gasteiger partial charge < -0.3 is 24.4 Å². The van der Waals surface area contributed by atoms with Crippen molar-refractivity contribution in [3.05, 3.63) is 35.9 Å². The van der Waals surface area contributed by atoms with Gasteiger partial charge in [0.1, 0.15) is 6.10 Å². The molecule has 0 unspecified atom stereocenters. The van der Waals surface area contributed by atoms with E-state index in [1.807, 2.05) is 37.3 Å². The van der Waals surface area contributed by atoms with E-state index in [1.54, 1.807) is 4.90 Å². The van der Waals surface area contributed by atoms with E-state index in [2.05, 4.69) is 10.0 Å². The van der Waals surface area contributed by atoms with Crippen molar-refractivity contribution >= 4 is 16.1 Å². The van der Waals surface area contributed by atoms with Gasteiger partial charge in [0.15, 0.2) is 6.29 Å². The van der Waals surface area contributed by atoms with Gasteiger partial charge in [0.25, 0.3) is 0 Å². The van der Waals surface area contributed by atoms with Crippen molar-refractivity contribution in [3.8, 4) is 0 Å². The van der Waals surface area contributed by atoms with E-state index in [4.69, 9.17) is 14.2 Å². The van der Waals surface area contributed by atoms with E-state index in [-0.39, 0.29) is 18.7 Å². The van der Waals surface area contributed by atoms with Gasteiger partial charge in [-0.05, 0) is 19.8 Å². The van der Waals surface area contributed by atoms with Crippen LogP contribution in [0.5, 0.6) is 0 Å². The predicted molar refractivity (Wildman–Crippen MR) is 111 cm³/mol. The van der Waals surface area contributed by atoms with Crippen LogP contribution in [-0.2, 0) is 24.2 Å². The largest absolute Gasteiger partial charge is 0.371 e. The van der Waals surface area contributed by atoms with Gasteiger partial charge in [0.2, 0.25) is 10.0 Å². The maximum Gasteiger partial charge on any atom is 0.317 e. The van der Waals surface area contributed by atoms with Crippen molar-refractivity contribution in [1.82, 2.24) is 14.9 Å². The third-order valence-corrected chi connectivity index (χ3v) is 5.91. The summed E-state index contributed by atoms with van der Waals surface area (Å²) in [6.45, 7) is 3.81. The number of likely N-dealkylation sites (tertiary alicyclic amines) is 1. The fourth-order valence-electron chi connectivity index (χ4n) is 3.80. The van der Waals surface area contributed by atoms with Gasteiger partial charge in [-0.2, -0.15) is 0 Å². The SMILES string of the molecule is CCNC(=O)N1CCC[C@H](NS(C)(=O)=O)[C@@H]1CO[C@H]1CO[C@@H](c2ccccc2)OC1. The Bertz CT molecular complexity index is 783. The molecule has 2 aliphatic heterocycles. The van der Waals surface area contributed by atoms with Crippen molar-refractivity contribution in [2.75, 3.05) is 39.2 Å². The van der Waals surface area contributed by atoms with E-state index < -0.39 is 28.4 Å². The topological polar surface area (TPSA) is 106 Å². The minimum absolute atomic E-state index is 0.192. The van der Waals surface area contributed by atoms with Crippen LogP contribution in [0.25, 0.3) is 0 Å². The Kier molecular flexibility index (Phi) is 8.06. The molecule has 30 heavy (non-hydrogen) atoms. The molecule has 0 aliphatic carbocycles. The predicted octanol–water partition coefficient (Wildman–Crippen LogP) is 1.23. The number of nitrogens with one attached hydrogen (secondary N) is 2. The van der Waals surface area contributed by atoms with Crippen LogP contribution in [-0.4, -0.2) is 76.7 Å². The maximum absolute atomic E-state index is 12.5. The zero-order valence-corrected chi connectivity index (χ0v) is 18.3. The third kappa shape index (κ3) is 6.39. The molecule has 3 rings (SSSR count). The summed E-state index contributed by atoms with van der Waals surface area (Å²) in [6, 6.07) is 8.65. The Morgan fingerprint density at radius 1 is 1.23 bits per heavy atom. The van der Waals surface area contributed by atoms with E-state index in [0.29, 0.717) is 32.7 Å². The van der Waals surface area contributed by atoms with Gasteiger partial charge in [-0.1, -0.05) is 30.3 Å². The average molecular weight is 442 g/mol. The molecule has 2 saturated heterocycles. The van der Waals surface area contributed by atoms with Crippen molar-refractivity contribution in [2.24, 2.45) is 0 Å². The maximum atomic E-state index is 12.5. The molecule has 9 nitrogen and oxygen atoms in total. The van der Waals surface area contributed by atoms with Crippen LogP contribution in [0.1, 0.15) is 31.6 Å². The standard InChI is InChI=1S/C20H31N3O6S/c1-3-21-20(24)23-11-7-10-17(22-30(2,25)26)18(23)14-27-16-12-28-19(29-13-16)15-8-5-4-6-9-15/h4-6,8-9,16-19,22H,3,7,10-14H2,1-2H3,(H,21,24)/t16-,17-,18-,19+/m0/s1. The molecule has 2 N–H and O–H groups in total. The molecule has 0 bridgehead atoms. The minimum atomic E-state index is -3.41. The first-order valence-electron chi connectivity index (χ1n) is 10.3. The molecule has 10 heteroatoms. The van der Waals surface area contributed by atoms with Crippen LogP contribution in [0.4, 0.5) is 4.79 Å². The quantitative estimate of drug-likeness (QED) is 0.659. The molecule has 0 spiro atoms. The highest BCUT2D eigenvalue weighted by Gasteiger charge is 2.37. The summed E-state index contributed by atoms with van der Waals surface area (Å²) in [7, 11) is -3.41. The van der Waals surface area contributed by atoms with E-state index in [9.17, 15) is 13.2 Å². The summed E-state index contributed by atoms with van der Waals surface area (Å²) in [5.41, 5.74) is 0.947. The normalized spacial score (nSPS) is 27.6. The van der Waals surface area contributed by atoms with Crippen molar-refractivity contribution in [3.63, 3.8) is 0 Å². The van der Waals surface area contributed by atoms with Crippen LogP contribution in [0.3, 0.4) is 0 Å². The molecular weight excluding hydrogens is 410 g/mol. The number of urea groups is 1. The molecule has 2 fully saturated rings. The number of hydrogen-bond acceptors (Lipinski definition) is 6. The molecule has 0 aromatic heterocycles. The first kappa shape index (κ1) is 23.0. The number of ether oxygens (including phenoxy) is 3. The highest BCUT2D eigenvalue weighted by molar-refractivity contribution is 7.88. The van der Waals surface area contributed by atoms with Gasteiger partial charge in [-0.25, -0.2) is 17.9 Å². The zero-order chi connectivity index (χ0) is 21.6. The van der Waals surface area contributed by atoms with E-state index in [1.165, 1.54) is 0 Å². The monoisotopic (exact) mass is 441 g/mol. The lowest BCUT2D eigenvalue weighted by atomic mass is 9.98. The number of amides is 2. The number of carbonyl (C=O) groups is 1. The Morgan fingerprint density at radius 3 is 2.57 bits per heavy atom. The Hall–Kier alpha value is -1.72. The molecule has 1 aromatic carbocycles. The summed E-state index contributed by atoms with van der Waals surface area (Å²) in [4.78, 5) is 14.2. The molecule has 2 amide bonds. The van der Waals surface area contributed by atoms with Gasteiger partial charge in [0, 0.05) is 24.7 Å². The van der Waals surface area contributed by atoms with Crippen molar-refractivity contribution in [2.45, 2.75) is 44.2 Å². The van der Waals surface area contributed by atoms with Crippen molar-refractivity contribution < 1.29 is 27.4 Å². The summed E-state index contributed by atoms with van der Waals surface area (Å²) >= 11 is 0. The third-order valence-electron chi connectivity index (χ3n) is 5.17. The summed E-state index contributed by atoms with van der Waals surface area (Å²) < 4.78 is 43.9. The number of benzene rings is 1. The summed E-state index contributed by atoms with van der Waals surface area (Å²) in [6.07, 6.45) is 1.77. The second-order valence-corrected chi connectivity index (χ2v) is 9.38. The van der Waals surface area contributed by atoms with Crippen LogP contribution < -0.4 is 10.0 Å². The summed E-state index contributed by atoms with van der Waals surface area (Å²) in [5, 5.41) is 2.80. The van der Waals surface area contributed by atoms with Gasteiger partial charge in [0.05, 0.1) is 32.1 Å².